The van der Waals surface area contributed by atoms with Crippen LogP contribution in [0.3, 0.4) is 0 Å². The van der Waals surface area contributed by atoms with Gasteiger partial charge in [-0.15, -0.1) is 0 Å². The standard InChI is InChI=1S/C16H26N2O2/c1-5-12(2)14-8-6-7-9-15(14)20-11-16(19)18-10-13(3)17-4/h6-9,12-13,17H,5,10-11H2,1-4H3,(H,18,19). The number of amides is 1. The quantitative estimate of drug-likeness (QED) is 0.767. The van der Waals surface area contributed by atoms with E-state index in [0.717, 1.165) is 17.7 Å². The fraction of sp³-hybridized carbons (Fsp3) is 0.562. The molecule has 1 aromatic carbocycles. The molecular formula is C16H26N2O2. The second-order valence-corrected chi connectivity index (χ2v) is 5.13. The number of para-hydroxylation sites is 1. The van der Waals surface area contributed by atoms with Gasteiger partial charge in [-0.3, -0.25) is 4.79 Å². The number of carbonyl (C=O) groups is 1. The van der Waals surface area contributed by atoms with Crippen molar-refractivity contribution in [2.75, 3.05) is 20.2 Å². The zero-order chi connectivity index (χ0) is 15.0. The molecule has 112 valence electrons. The number of carbonyl (C=O) groups excluding carboxylic acids is 1. The van der Waals surface area contributed by atoms with E-state index in [1.54, 1.807) is 0 Å². The third-order valence-corrected chi connectivity index (χ3v) is 3.52. The van der Waals surface area contributed by atoms with Crippen LogP contribution in [0.5, 0.6) is 5.75 Å². The number of rotatable bonds is 8. The Balaban J connectivity index is 2.51. The third kappa shape index (κ3) is 5.21. The van der Waals surface area contributed by atoms with Crippen molar-refractivity contribution >= 4 is 5.91 Å². The van der Waals surface area contributed by atoms with Gasteiger partial charge in [0.1, 0.15) is 5.75 Å². The average molecular weight is 278 g/mol. The highest BCUT2D eigenvalue weighted by Gasteiger charge is 2.11. The van der Waals surface area contributed by atoms with Crippen LogP contribution >= 0.6 is 0 Å². The second kappa shape index (κ2) is 8.59. The minimum absolute atomic E-state index is 0.0594. The molecule has 4 heteroatoms. The SMILES string of the molecule is CCC(C)c1ccccc1OCC(=O)NCC(C)NC. The van der Waals surface area contributed by atoms with Crippen LogP contribution < -0.4 is 15.4 Å². The van der Waals surface area contributed by atoms with Crippen LogP contribution in [0.25, 0.3) is 0 Å². The molecule has 1 aromatic rings. The molecule has 2 atom stereocenters. The summed E-state index contributed by atoms with van der Waals surface area (Å²) < 4.78 is 5.66. The Hall–Kier alpha value is -1.55. The van der Waals surface area contributed by atoms with Gasteiger partial charge in [0.05, 0.1) is 0 Å². The minimum atomic E-state index is -0.0916. The van der Waals surface area contributed by atoms with Crippen molar-refractivity contribution in [3.63, 3.8) is 0 Å². The van der Waals surface area contributed by atoms with Crippen LogP contribution in [0, 0.1) is 0 Å². The average Bonchev–Trinajstić information content (AvgIpc) is 2.49. The first kappa shape index (κ1) is 16.5. The van der Waals surface area contributed by atoms with Crippen LogP contribution in [-0.2, 0) is 4.79 Å². The normalized spacial score (nSPS) is 13.6. The van der Waals surface area contributed by atoms with Gasteiger partial charge in [-0.05, 0) is 37.9 Å². The molecule has 0 bridgehead atoms. The highest BCUT2D eigenvalue weighted by Crippen LogP contribution is 2.28. The minimum Gasteiger partial charge on any atom is -0.483 e. The van der Waals surface area contributed by atoms with E-state index in [1.807, 2.05) is 32.2 Å². The topological polar surface area (TPSA) is 50.4 Å². The Labute approximate surface area is 121 Å². The Kier molecular flexibility index (Phi) is 7.09. The maximum Gasteiger partial charge on any atom is 0.257 e. The lowest BCUT2D eigenvalue weighted by atomic mass is 9.98. The molecule has 0 saturated heterocycles. The summed E-state index contributed by atoms with van der Waals surface area (Å²) >= 11 is 0. The smallest absolute Gasteiger partial charge is 0.257 e. The largest absolute Gasteiger partial charge is 0.483 e. The molecular weight excluding hydrogens is 252 g/mol. The molecule has 0 aliphatic rings. The van der Waals surface area contributed by atoms with Crippen molar-refractivity contribution in [2.24, 2.45) is 0 Å². The first-order chi connectivity index (χ1) is 9.58. The summed E-state index contributed by atoms with van der Waals surface area (Å²) in [6.07, 6.45) is 1.05. The van der Waals surface area contributed by atoms with Crippen LogP contribution in [0.1, 0.15) is 38.7 Å². The number of hydrogen-bond donors (Lipinski definition) is 2. The number of benzene rings is 1. The molecule has 0 aliphatic heterocycles. The van der Waals surface area contributed by atoms with E-state index in [9.17, 15) is 4.79 Å². The van der Waals surface area contributed by atoms with Crippen LogP contribution in [0.2, 0.25) is 0 Å². The number of likely N-dealkylation sites (N-methyl/N-ethyl adjacent to an activating group) is 1. The lowest BCUT2D eigenvalue weighted by molar-refractivity contribution is -0.123. The van der Waals surface area contributed by atoms with Crippen molar-refractivity contribution in [1.82, 2.24) is 10.6 Å². The van der Waals surface area contributed by atoms with Crippen molar-refractivity contribution in [3.05, 3.63) is 29.8 Å². The fourth-order valence-electron chi connectivity index (χ4n) is 1.80. The molecule has 2 N–H and O–H groups in total. The highest BCUT2D eigenvalue weighted by atomic mass is 16.5. The van der Waals surface area contributed by atoms with E-state index < -0.39 is 0 Å². The van der Waals surface area contributed by atoms with Gasteiger partial charge in [0.25, 0.3) is 5.91 Å². The zero-order valence-electron chi connectivity index (χ0n) is 12.9. The number of hydrogen-bond acceptors (Lipinski definition) is 3. The van der Waals surface area contributed by atoms with E-state index >= 15 is 0 Å². The van der Waals surface area contributed by atoms with Crippen LogP contribution in [0.4, 0.5) is 0 Å². The molecule has 2 unspecified atom stereocenters. The monoisotopic (exact) mass is 278 g/mol. The van der Waals surface area contributed by atoms with E-state index in [2.05, 4.69) is 30.5 Å². The van der Waals surface area contributed by atoms with Crippen molar-refractivity contribution in [3.8, 4) is 5.75 Å². The van der Waals surface area contributed by atoms with Gasteiger partial charge in [-0.1, -0.05) is 32.0 Å². The third-order valence-electron chi connectivity index (χ3n) is 3.52. The summed E-state index contributed by atoms with van der Waals surface area (Å²) in [6.45, 7) is 6.99. The predicted octanol–water partition coefficient (Wildman–Crippen LogP) is 2.30. The molecule has 0 spiro atoms. The highest BCUT2D eigenvalue weighted by molar-refractivity contribution is 5.77. The maximum absolute atomic E-state index is 11.7. The zero-order valence-corrected chi connectivity index (χ0v) is 12.9. The maximum atomic E-state index is 11.7. The number of nitrogens with one attached hydrogen (secondary N) is 2. The Morgan fingerprint density at radius 3 is 2.65 bits per heavy atom. The lowest BCUT2D eigenvalue weighted by Crippen LogP contribution is -2.39. The first-order valence-corrected chi connectivity index (χ1v) is 7.24. The van der Waals surface area contributed by atoms with Gasteiger partial charge in [0.2, 0.25) is 0 Å². The van der Waals surface area contributed by atoms with Crippen molar-refractivity contribution < 1.29 is 9.53 Å². The van der Waals surface area contributed by atoms with Crippen LogP contribution in [-0.4, -0.2) is 32.1 Å². The van der Waals surface area contributed by atoms with E-state index in [4.69, 9.17) is 4.74 Å². The first-order valence-electron chi connectivity index (χ1n) is 7.24. The van der Waals surface area contributed by atoms with Crippen LogP contribution in [0.15, 0.2) is 24.3 Å². The summed E-state index contributed by atoms with van der Waals surface area (Å²) in [5.74, 6) is 1.14. The predicted molar refractivity (Wildman–Crippen MR) is 82.2 cm³/mol. The van der Waals surface area contributed by atoms with Gasteiger partial charge >= 0.3 is 0 Å². The summed E-state index contributed by atoms with van der Waals surface area (Å²) in [5.41, 5.74) is 1.16. The van der Waals surface area contributed by atoms with Gasteiger partial charge in [0, 0.05) is 12.6 Å². The van der Waals surface area contributed by atoms with Crippen molar-refractivity contribution in [1.29, 1.82) is 0 Å². The Morgan fingerprint density at radius 1 is 1.30 bits per heavy atom. The summed E-state index contributed by atoms with van der Waals surface area (Å²) in [6, 6.07) is 8.17. The van der Waals surface area contributed by atoms with E-state index in [1.165, 1.54) is 0 Å². The summed E-state index contributed by atoms with van der Waals surface area (Å²) in [7, 11) is 1.87. The molecule has 0 aromatic heterocycles. The summed E-state index contributed by atoms with van der Waals surface area (Å²) in [4.78, 5) is 11.7. The molecule has 0 saturated carbocycles. The molecule has 1 rings (SSSR count). The summed E-state index contributed by atoms with van der Waals surface area (Å²) in [5, 5.41) is 5.91. The Morgan fingerprint density at radius 2 is 2.00 bits per heavy atom. The molecule has 20 heavy (non-hydrogen) atoms. The fourth-order valence-corrected chi connectivity index (χ4v) is 1.80. The Bertz CT molecular complexity index is 421. The molecule has 0 aliphatic carbocycles. The molecule has 0 fully saturated rings. The van der Waals surface area contributed by atoms with Gasteiger partial charge in [-0.25, -0.2) is 0 Å². The van der Waals surface area contributed by atoms with Gasteiger partial charge < -0.3 is 15.4 Å². The molecule has 1 amide bonds. The molecule has 0 heterocycles. The molecule has 0 radical (unpaired) electrons. The van der Waals surface area contributed by atoms with Crippen molar-refractivity contribution in [2.45, 2.75) is 39.2 Å². The second-order valence-electron chi connectivity index (χ2n) is 5.13. The van der Waals surface area contributed by atoms with Gasteiger partial charge in [0.15, 0.2) is 6.61 Å². The molecule has 4 nitrogen and oxygen atoms in total. The van der Waals surface area contributed by atoms with E-state index in [-0.39, 0.29) is 18.6 Å². The van der Waals surface area contributed by atoms with E-state index in [0.29, 0.717) is 12.5 Å². The number of ether oxygens (including phenoxy) is 1. The lowest BCUT2D eigenvalue weighted by Gasteiger charge is -2.16. The van der Waals surface area contributed by atoms with Gasteiger partial charge in [-0.2, -0.15) is 0 Å².